The van der Waals surface area contributed by atoms with Crippen molar-refractivity contribution in [2.75, 3.05) is 6.54 Å². The molecule has 0 unspecified atom stereocenters. The lowest BCUT2D eigenvalue weighted by Crippen LogP contribution is -2.33. The molecule has 2 aliphatic rings. The molecule has 25 heavy (non-hydrogen) atoms. The molecule has 4 N–H and O–H groups in total. The zero-order valence-electron chi connectivity index (χ0n) is 14.9. The van der Waals surface area contributed by atoms with Crippen LogP contribution in [0.1, 0.15) is 43.9 Å². The summed E-state index contributed by atoms with van der Waals surface area (Å²) in [4.78, 5) is 12.2. The Kier molecular flexibility index (Phi) is 5.35. The molecule has 0 radical (unpaired) electrons. The van der Waals surface area contributed by atoms with E-state index < -0.39 is 0 Å². The highest BCUT2D eigenvalue weighted by Crippen LogP contribution is 2.36. The Morgan fingerprint density at radius 2 is 2.12 bits per heavy atom. The molecule has 5 heteroatoms. The summed E-state index contributed by atoms with van der Waals surface area (Å²) in [5.74, 6) is 0.201. The van der Waals surface area contributed by atoms with Gasteiger partial charge < -0.3 is 15.8 Å². The van der Waals surface area contributed by atoms with Crippen LogP contribution in [0.5, 0.6) is 0 Å². The van der Waals surface area contributed by atoms with Crippen LogP contribution in [0, 0.1) is 11.3 Å². The lowest BCUT2D eigenvalue weighted by molar-refractivity contribution is -0.112. The molecule has 1 aromatic rings. The zero-order chi connectivity index (χ0) is 18.0. The van der Waals surface area contributed by atoms with E-state index in [4.69, 9.17) is 15.9 Å². The van der Waals surface area contributed by atoms with Crippen LogP contribution in [0.2, 0.25) is 0 Å². The van der Waals surface area contributed by atoms with Gasteiger partial charge in [0.05, 0.1) is 17.9 Å². The number of ether oxygens (including phenoxy) is 1. The van der Waals surface area contributed by atoms with E-state index in [1.807, 2.05) is 24.3 Å². The SMILES string of the molecule is CC(C)CC(N)=CC(=N)C(=O)Cc1ccc([C@@H]2O[C@H]3CN[C@@H]2C3)cc1. The predicted molar refractivity (Wildman–Crippen MR) is 98.6 cm³/mol. The number of hydrogen-bond donors (Lipinski definition) is 3. The van der Waals surface area contributed by atoms with Gasteiger partial charge in [-0.25, -0.2) is 0 Å². The monoisotopic (exact) mass is 341 g/mol. The average molecular weight is 341 g/mol. The van der Waals surface area contributed by atoms with E-state index in [-0.39, 0.29) is 24.0 Å². The first-order chi connectivity index (χ1) is 11.9. The molecule has 3 atom stereocenters. The second-order valence-corrected chi connectivity index (χ2v) is 7.50. The van der Waals surface area contributed by atoms with Crippen LogP contribution in [0.15, 0.2) is 36.0 Å². The Balaban J connectivity index is 1.58. The minimum Gasteiger partial charge on any atom is -0.402 e. The number of Topliss-reactive ketones (excluding diaryl/α,β-unsaturated/α-hetero) is 1. The van der Waals surface area contributed by atoms with Gasteiger partial charge in [0.1, 0.15) is 0 Å². The first kappa shape index (κ1) is 17.8. The van der Waals surface area contributed by atoms with Gasteiger partial charge in [-0.15, -0.1) is 0 Å². The fraction of sp³-hybridized carbons (Fsp3) is 0.500. The van der Waals surface area contributed by atoms with E-state index >= 15 is 0 Å². The van der Waals surface area contributed by atoms with Crippen LogP contribution in [0.3, 0.4) is 0 Å². The summed E-state index contributed by atoms with van der Waals surface area (Å²) < 4.78 is 6.00. The van der Waals surface area contributed by atoms with E-state index in [1.165, 1.54) is 6.08 Å². The molecule has 0 aromatic heterocycles. The third-order valence-electron chi connectivity index (χ3n) is 4.78. The number of carbonyl (C=O) groups is 1. The van der Waals surface area contributed by atoms with Crippen LogP contribution >= 0.6 is 0 Å². The van der Waals surface area contributed by atoms with Gasteiger partial charge in [-0.3, -0.25) is 10.2 Å². The van der Waals surface area contributed by atoms with Crippen molar-refractivity contribution in [3.63, 3.8) is 0 Å². The Morgan fingerprint density at radius 3 is 2.68 bits per heavy atom. The van der Waals surface area contributed by atoms with Crippen molar-refractivity contribution in [2.45, 2.75) is 51.4 Å². The molecule has 0 aliphatic carbocycles. The predicted octanol–water partition coefficient (Wildman–Crippen LogP) is 2.51. The third kappa shape index (κ3) is 4.35. The largest absolute Gasteiger partial charge is 0.402 e. The molecule has 1 aromatic carbocycles. The zero-order valence-corrected chi connectivity index (χ0v) is 14.9. The van der Waals surface area contributed by atoms with Crippen molar-refractivity contribution >= 4 is 11.5 Å². The molecule has 2 fully saturated rings. The maximum absolute atomic E-state index is 12.2. The second-order valence-electron chi connectivity index (χ2n) is 7.50. The number of carbonyl (C=O) groups excluding carboxylic acids is 1. The van der Waals surface area contributed by atoms with E-state index in [9.17, 15) is 4.79 Å². The van der Waals surface area contributed by atoms with Gasteiger partial charge in [0.2, 0.25) is 0 Å². The van der Waals surface area contributed by atoms with Crippen LogP contribution in [0.25, 0.3) is 0 Å². The van der Waals surface area contributed by atoms with E-state index in [0.717, 1.165) is 24.1 Å². The summed E-state index contributed by atoms with van der Waals surface area (Å²) in [6, 6.07) is 8.37. The molecule has 3 rings (SSSR count). The molecule has 134 valence electrons. The highest BCUT2D eigenvalue weighted by molar-refractivity contribution is 6.43. The highest BCUT2D eigenvalue weighted by Gasteiger charge is 2.41. The van der Waals surface area contributed by atoms with Crippen LogP contribution < -0.4 is 11.1 Å². The van der Waals surface area contributed by atoms with Gasteiger partial charge in [0, 0.05) is 24.7 Å². The second kappa shape index (κ2) is 7.50. The van der Waals surface area contributed by atoms with Gasteiger partial charge in [0.25, 0.3) is 0 Å². The molecule has 2 bridgehead atoms. The van der Waals surface area contributed by atoms with Gasteiger partial charge in [-0.2, -0.15) is 0 Å². The summed E-state index contributed by atoms with van der Waals surface area (Å²) in [5, 5.41) is 11.4. The standard InChI is InChI=1S/C20H27N3O2/c1-12(2)7-15(21)9-17(22)19(24)8-13-3-5-14(6-4-13)20-18-10-16(25-20)11-23-18/h3-6,9,12,16,18,20,22-23H,7-8,10-11,21H2,1-2H3/t16-,18-,20+/m1/s1. The Hall–Kier alpha value is -1.98. The first-order valence-electron chi connectivity index (χ1n) is 8.98. The summed E-state index contributed by atoms with van der Waals surface area (Å²) in [7, 11) is 0. The van der Waals surface area contributed by atoms with Crippen molar-refractivity contribution in [3.8, 4) is 0 Å². The average Bonchev–Trinajstić information content (AvgIpc) is 3.17. The third-order valence-corrected chi connectivity index (χ3v) is 4.78. The van der Waals surface area contributed by atoms with E-state index in [1.54, 1.807) is 0 Å². The maximum atomic E-state index is 12.2. The summed E-state index contributed by atoms with van der Waals surface area (Å²) in [6.45, 7) is 5.06. The van der Waals surface area contributed by atoms with Crippen molar-refractivity contribution in [1.82, 2.24) is 5.32 Å². The number of benzene rings is 1. The van der Waals surface area contributed by atoms with Crippen LogP contribution in [-0.2, 0) is 16.0 Å². The fourth-order valence-corrected chi connectivity index (χ4v) is 3.58. The van der Waals surface area contributed by atoms with Crippen molar-refractivity contribution < 1.29 is 9.53 Å². The number of rotatable bonds is 7. The van der Waals surface area contributed by atoms with E-state index in [0.29, 0.717) is 30.2 Å². The van der Waals surface area contributed by atoms with Crippen molar-refractivity contribution in [2.24, 2.45) is 11.7 Å². The molecule has 0 spiro atoms. The Morgan fingerprint density at radius 1 is 1.40 bits per heavy atom. The lowest BCUT2D eigenvalue weighted by Gasteiger charge is -2.23. The molecule has 0 amide bonds. The number of morpholine rings is 1. The van der Waals surface area contributed by atoms with Gasteiger partial charge in [-0.05, 0) is 36.0 Å². The molecule has 5 nitrogen and oxygen atoms in total. The lowest BCUT2D eigenvalue weighted by atomic mass is 9.99. The molecule has 2 aliphatic heterocycles. The van der Waals surface area contributed by atoms with Crippen LogP contribution in [-0.4, -0.2) is 30.2 Å². The molecule has 2 heterocycles. The normalized spacial score (nSPS) is 25.6. The Bertz CT molecular complexity index is 679. The van der Waals surface area contributed by atoms with E-state index in [2.05, 4.69) is 19.2 Å². The highest BCUT2D eigenvalue weighted by atomic mass is 16.5. The van der Waals surface area contributed by atoms with Crippen molar-refractivity contribution in [1.29, 1.82) is 5.41 Å². The number of nitrogens with two attached hydrogens (primary N) is 1. The first-order valence-corrected chi connectivity index (χ1v) is 8.98. The number of ketones is 1. The minimum absolute atomic E-state index is 0.0251. The summed E-state index contributed by atoms with van der Waals surface area (Å²) in [5.41, 5.74) is 8.49. The van der Waals surface area contributed by atoms with Gasteiger partial charge in [0.15, 0.2) is 5.78 Å². The minimum atomic E-state index is -0.211. The smallest absolute Gasteiger partial charge is 0.184 e. The van der Waals surface area contributed by atoms with Crippen LogP contribution in [0.4, 0.5) is 0 Å². The molecule has 2 saturated heterocycles. The topological polar surface area (TPSA) is 88.2 Å². The van der Waals surface area contributed by atoms with Crippen molar-refractivity contribution in [3.05, 3.63) is 47.2 Å². The molecular weight excluding hydrogens is 314 g/mol. The maximum Gasteiger partial charge on any atom is 0.184 e. The van der Waals surface area contributed by atoms with Gasteiger partial charge >= 0.3 is 0 Å². The van der Waals surface area contributed by atoms with Gasteiger partial charge in [-0.1, -0.05) is 38.1 Å². The quantitative estimate of drug-likeness (QED) is 0.665. The number of nitrogens with one attached hydrogen (secondary N) is 2. The fourth-order valence-electron chi connectivity index (χ4n) is 3.58. The summed E-state index contributed by atoms with van der Waals surface area (Å²) in [6.07, 6.45) is 3.93. The Labute approximate surface area is 149 Å². The molecular formula is C20H27N3O2. The number of allylic oxidation sites excluding steroid dienone is 2. The number of hydrogen-bond acceptors (Lipinski definition) is 5. The summed E-state index contributed by atoms with van der Waals surface area (Å²) >= 11 is 0. The molecule has 0 saturated carbocycles. The number of fused-ring (bicyclic) bond motifs is 2.